The fourth-order valence-electron chi connectivity index (χ4n) is 3.24. The molecule has 26 heavy (non-hydrogen) atoms. The molecule has 0 unspecified atom stereocenters. The summed E-state index contributed by atoms with van der Waals surface area (Å²) in [6.45, 7) is 9.03. The summed E-state index contributed by atoms with van der Waals surface area (Å²) in [6.07, 6.45) is 3.03. The molecule has 0 aromatic carbocycles. The summed E-state index contributed by atoms with van der Waals surface area (Å²) in [5, 5.41) is 9.95. The van der Waals surface area contributed by atoms with Crippen LogP contribution in [0.5, 0.6) is 0 Å². The van der Waals surface area contributed by atoms with E-state index in [1.165, 1.54) is 0 Å². The van der Waals surface area contributed by atoms with Crippen molar-refractivity contribution >= 4 is 11.8 Å². The molecule has 1 fully saturated rings. The molecule has 1 saturated heterocycles. The van der Waals surface area contributed by atoms with Crippen molar-refractivity contribution in [1.82, 2.24) is 20.4 Å². The zero-order chi connectivity index (χ0) is 18.8. The Labute approximate surface area is 153 Å². The molecular formula is C19H26N4O3. The van der Waals surface area contributed by atoms with E-state index in [1.54, 1.807) is 17.2 Å². The van der Waals surface area contributed by atoms with Gasteiger partial charge in [-0.25, -0.2) is 0 Å². The van der Waals surface area contributed by atoms with Crippen LogP contribution >= 0.6 is 0 Å². The van der Waals surface area contributed by atoms with Crippen LogP contribution in [0.25, 0.3) is 0 Å². The van der Waals surface area contributed by atoms with E-state index in [2.05, 4.69) is 15.5 Å². The van der Waals surface area contributed by atoms with Gasteiger partial charge in [0.15, 0.2) is 5.76 Å². The largest absolute Gasteiger partial charge is 0.456 e. The van der Waals surface area contributed by atoms with Crippen molar-refractivity contribution in [3.63, 3.8) is 0 Å². The van der Waals surface area contributed by atoms with Crippen molar-refractivity contribution in [1.29, 1.82) is 0 Å². The Hall–Kier alpha value is -2.57. The maximum absolute atomic E-state index is 12.5. The van der Waals surface area contributed by atoms with Crippen molar-refractivity contribution in [2.75, 3.05) is 13.1 Å². The lowest BCUT2D eigenvalue weighted by atomic mass is 10.0. The van der Waals surface area contributed by atoms with E-state index in [0.717, 1.165) is 29.9 Å². The predicted molar refractivity (Wildman–Crippen MR) is 97.3 cm³/mol. The monoisotopic (exact) mass is 358 g/mol. The lowest BCUT2D eigenvalue weighted by molar-refractivity contribution is 0.0666. The quantitative estimate of drug-likeness (QED) is 0.879. The Morgan fingerprint density at radius 2 is 2.00 bits per heavy atom. The molecule has 0 radical (unpaired) electrons. The van der Waals surface area contributed by atoms with E-state index in [1.807, 2.05) is 27.7 Å². The lowest BCUT2D eigenvalue weighted by Crippen LogP contribution is -2.46. The van der Waals surface area contributed by atoms with Crippen molar-refractivity contribution in [3.05, 3.63) is 40.6 Å². The summed E-state index contributed by atoms with van der Waals surface area (Å²) in [7, 11) is 0. The molecule has 1 aliphatic heterocycles. The summed E-state index contributed by atoms with van der Waals surface area (Å²) in [5.41, 5.74) is 2.43. The smallest absolute Gasteiger partial charge is 0.289 e. The van der Waals surface area contributed by atoms with Crippen molar-refractivity contribution in [2.45, 2.75) is 52.5 Å². The highest BCUT2D eigenvalue weighted by Gasteiger charge is 2.27. The highest BCUT2D eigenvalue weighted by molar-refractivity contribution is 5.95. The Balaban J connectivity index is 1.56. The Morgan fingerprint density at radius 3 is 2.58 bits per heavy atom. The van der Waals surface area contributed by atoms with E-state index >= 15 is 0 Å². The summed E-state index contributed by atoms with van der Waals surface area (Å²) in [5.74, 6) is 1.18. The Morgan fingerprint density at radius 1 is 1.31 bits per heavy atom. The molecule has 7 nitrogen and oxygen atoms in total. The first-order chi connectivity index (χ1) is 12.4. The van der Waals surface area contributed by atoms with E-state index in [4.69, 9.17) is 4.42 Å². The SMILES string of the molecule is Cc1cc(C(=O)N2CCC(NC(=O)c3cn[nH]c3C(C)C)CC2)oc1C. The first-order valence-electron chi connectivity index (χ1n) is 9.07. The number of nitrogens with one attached hydrogen (secondary N) is 2. The molecule has 0 saturated carbocycles. The number of aromatic nitrogens is 2. The Bertz CT molecular complexity index is 778. The standard InChI is InChI=1S/C19H26N4O3/c1-11(2)17-15(10-20-22-17)18(24)21-14-5-7-23(8-6-14)19(25)16-9-12(3)13(4)26-16/h9-11,14H,5-8H2,1-4H3,(H,20,22)(H,21,24). The van der Waals surface area contributed by atoms with Gasteiger partial charge in [0.2, 0.25) is 0 Å². The van der Waals surface area contributed by atoms with Gasteiger partial charge in [-0.3, -0.25) is 14.7 Å². The molecule has 0 aliphatic carbocycles. The first kappa shape index (κ1) is 18.2. The number of aromatic amines is 1. The van der Waals surface area contributed by atoms with Gasteiger partial charge < -0.3 is 14.6 Å². The van der Waals surface area contributed by atoms with E-state index < -0.39 is 0 Å². The van der Waals surface area contributed by atoms with Crippen LogP contribution in [0, 0.1) is 13.8 Å². The second-order valence-corrected chi connectivity index (χ2v) is 7.24. The molecule has 0 bridgehead atoms. The third kappa shape index (κ3) is 3.66. The number of hydrogen-bond donors (Lipinski definition) is 2. The Kier molecular flexibility index (Phi) is 5.15. The van der Waals surface area contributed by atoms with Crippen LogP contribution in [0.2, 0.25) is 0 Å². The molecule has 0 spiro atoms. The maximum Gasteiger partial charge on any atom is 0.289 e. The van der Waals surface area contributed by atoms with Gasteiger partial charge in [-0.1, -0.05) is 13.8 Å². The number of likely N-dealkylation sites (tertiary alicyclic amines) is 1. The van der Waals surface area contributed by atoms with Gasteiger partial charge in [-0.05, 0) is 44.2 Å². The van der Waals surface area contributed by atoms with Gasteiger partial charge in [0.25, 0.3) is 11.8 Å². The van der Waals surface area contributed by atoms with Crippen LogP contribution in [-0.4, -0.2) is 46.0 Å². The third-order valence-electron chi connectivity index (χ3n) is 4.98. The second-order valence-electron chi connectivity index (χ2n) is 7.24. The number of carbonyl (C=O) groups is 2. The fraction of sp³-hybridized carbons (Fsp3) is 0.526. The molecule has 2 aromatic heterocycles. The van der Waals surface area contributed by atoms with E-state index in [-0.39, 0.29) is 23.8 Å². The summed E-state index contributed by atoms with van der Waals surface area (Å²) >= 11 is 0. The topological polar surface area (TPSA) is 91.2 Å². The number of piperidine rings is 1. The molecule has 140 valence electrons. The fourth-order valence-corrected chi connectivity index (χ4v) is 3.24. The van der Waals surface area contributed by atoms with Gasteiger partial charge in [-0.2, -0.15) is 5.10 Å². The van der Waals surface area contributed by atoms with Crippen LogP contribution in [0.4, 0.5) is 0 Å². The molecular weight excluding hydrogens is 332 g/mol. The number of carbonyl (C=O) groups excluding carboxylic acids is 2. The van der Waals surface area contributed by atoms with Crippen molar-refractivity contribution in [2.24, 2.45) is 0 Å². The average molecular weight is 358 g/mol. The highest BCUT2D eigenvalue weighted by Crippen LogP contribution is 2.20. The van der Waals surface area contributed by atoms with Crippen LogP contribution in [-0.2, 0) is 0 Å². The van der Waals surface area contributed by atoms with Gasteiger partial charge in [0.1, 0.15) is 5.76 Å². The number of amides is 2. The molecule has 7 heteroatoms. The third-order valence-corrected chi connectivity index (χ3v) is 4.98. The molecule has 3 heterocycles. The minimum Gasteiger partial charge on any atom is -0.456 e. The average Bonchev–Trinajstić information content (AvgIpc) is 3.22. The van der Waals surface area contributed by atoms with E-state index in [9.17, 15) is 9.59 Å². The minimum absolute atomic E-state index is 0.0570. The molecule has 0 atom stereocenters. The van der Waals surface area contributed by atoms with Crippen LogP contribution < -0.4 is 5.32 Å². The summed E-state index contributed by atoms with van der Waals surface area (Å²) in [4.78, 5) is 26.8. The maximum atomic E-state index is 12.5. The predicted octanol–water partition coefficient (Wildman–Crippen LogP) is 2.78. The zero-order valence-electron chi connectivity index (χ0n) is 15.8. The minimum atomic E-state index is -0.107. The number of rotatable bonds is 4. The zero-order valence-corrected chi connectivity index (χ0v) is 15.8. The van der Waals surface area contributed by atoms with Gasteiger partial charge >= 0.3 is 0 Å². The summed E-state index contributed by atoms with van der Waals surface area (Å²) < 4.78 is 5.53. The van der Waals surface area contributed by atoms with Gasteiger partial charge in [-0.15, -0.1) is 0 Å². The highest BCUT2D eigenvalue weighted by atomic mass is 16.4. The van der Waals surface area contributed by atoms with Crippen LogP contribution in [0.1, 0.15) is 70.5 Å². The number of nitrogens with zero attached hydrogens (tertiary/aromatic N) is 2. The van der Waals surface area contributed by atoms with Crippen molar-refractivity contribution in [3.8, 4) is 0 Å². The number of H-pyrrole nitrogens is 1. The number of aryl methyl sites for hydroxylation is 2. The molecule has 3 rings (SSSR count). The van der Waals surface area contributed by atoms with Gasteiger partial charge in [0, 0.05) is 19.1 Å². The van der Waals surface area contributed by atoms with Crippen LogP contribution in [0.3, 0.4) is 0 Å². The first-order valence-corrected chi connectivity index (χ1v) is 9.07. The summed E-state index contributed by atoms with van der Waals surface area (Å²) in [6, 6.07) is 1.85. The van der Waals surface area contributed by atoms with Crippen LogP contribution in [0.15, 0.2) is 16.7 Å². The molecule has 2 aromatic rings. The molecule has 2 amide bonds. The number of furan rings is 1. The molecule has 1 aliphatic rings. The van der Waals surface area contributed by atoms with E-state index in [0.29, 0.717) is 24.4 Å². The molecule has 2 N–H and O–H groups in total. The second kappa shape index (κ2) is 7.35. The normalized spacial score (nSPS) is 15.5. The van der Waals surface area contributed by atoms with Crippen molar-refractivity contribution < 1.29 is 14.0 Å². The van der Waals surface area contributed by atoms with Gasteiger partial charge in [0.05, 0.1) is 17.5 Å². The lowest BCUT2D eigenvalue weighted by Gasteiger charge is -2.31. The number of hydrogen-bond acceptors (Lipinski definition) is 4.